The minimum Gasteiger partial charge on any atom is -0.497 e. The van der Waals surface area contributed by atoms with Crippen LogP contribution in [0.4, 0.5) is 4.39 Å². The Morgan fingerprint density at radius 1 is 1.19 bits per heavy atom. The van der Waals surface area contributed by atoms with Crippen LogP contribution in [-0.4, -0.2) is 32.5 Å². The third-order valence-electron chi connectivity index (χ3n) is 5.28. The van der Waals surface area contributed by atoms with E-state index in [1.165, 1.54) is 6.07 Å². The molecule has 1 saturated heterocycles. The first-order chi connectivity index (χ1) is 13.2. The summed E-state index contributed by atoms with van der Waals surface area (Å²) in [7, 11) is 3.35. The van der Waals surface area contributed by atoms with Crippen molar-refractivity contribution in [3.63, 3.8) is 0 Å². The van der Waals surface area contributed by atoms with Gasteiger partial charge in [0.2, 0.25) is 0 Å². The number of fused-ring (bicyclic) bond motifs is 1. The zero-order valence-electron chi connectivity index (χ0n) is 15.7. The maximum atomic E-state index is 14.1. The highest BCUT2D eigenvalue weighted by Crippen LogP contribution is 2.41. The Morgan fingerprint density at radius 3 is 2.89 bits per heavy atom. The number of benzene rings is 2. The molecule has 1 atom stereocenters. The summed E-state index contributed by atoms with van der Waals surface area (Å²) in [5.41, 5.74) is 2.73. The van der Waals surface area contributed by atoms with Crippen molar-refractivity contribution in [2.24, 2.45) is 0 Å². The number of methoxy groups -OCH3 is 2. The molecule has 0 N–H and O–H groups in total. The zero-order valence-corrected chi connectivity index (χ0v) is 15.7. The maximum Gasteiger partial charge on any atom is 0.189 e. The Kier molecular flexibility index (Phi) is 5.18. The molecule has 2 aromatic carbocycles. The molecule has 2 heterocycles. The number of halogens is 1. The predicted molar refractivity (Wildman–Crippen MR) is 98.6 cm³/mol. The van der Waals surface area contributed by atoms with Crippen LogP contribution >= 0.6 is 0 Å². The molecule has 2 aliphatic rings. The molecule has 1 fully saturated rings. The second-order valence-electron chi connectivity index (χ2n) is 6.90. The molecule has 4 rings (SSSR count). The minimum absolute atomic E-state index is 0.189. The van der Waals surface area contributed by atoms with Crippen LogP contribution in [0.5, 0.6) is 17.2 Å². The Balaban J connectivity index is 1.65. The van der Waals surface area contributed by atoms with Gasteiger partial charge in [-0.05, 0) is 49.7 Å². The number of rotatable bonds is 5. The smallest absolute Gasteiger partial charge is 0.189 e. The van der Waals surface area contributed by atoms with Gasteiger partial charge < -0.3 is 18.9 Å². The van der Waals surface area contributed by atoms with Crippen molar-refractivity contribution >= 4 is 0 Å². The van der Waals surface area contributed by atoms with Gasteiger partial charge in [-0.15, -0.1) is 0 Å². The van der Waals surface area contributed by atoms with Gasteiger partial charge in [0, 0.05) is 29.3 Å². The van der Waals surface area contributed by atoms with Crippen molar-refractivity contribution in [1.82, 2.24) is 4.90 Å². The van der Waals surface area contributed by atoms with Crippen LogP contribution in [-0.2, 0) is 17.9 Å². The lowest BCUT2D eigenvalue weighted by molar-refractivity contribution is -0.0177. The molecule has 144 valence electrons. The molecule has 2 aromatic rings. The Hall–Kier alpha value is -2.31. The lowest BCUT2D eigenvalue weighted by Crippen LogP contribution is -2.24. The van der Waals surface area contributed by atoms with Crippen molar-refractivity contribution in [1.29, 1.82) is 0 Å². The lowest BCUT2D eigenvalue weighted by Gasteiger charge is -2.28. The average molecular weight is 373 g/mol. The number of likely N-dealkylation sites (tertiary alicyclic amines) is 1. The highest BCUT2D eigenvalue weighted by molar-refractivity contribution is 5.44. The highest BCUT2D eigenvalue weighted by Gasteiger charge is 2.30. The van der Waals surface area contributed by atoms with Gasteiger partial charge in [0.05, 0.1) is 20.8 Å². The van der Waals surface area contributed by atoms with Crippen LogP contribution in [0.3, 0.4) is 0 Å². The first-order valence-electron chi connectivity index (χ1n) is 9.17. The molecule has 0 saturated carbocycles. The lowest BCUT2D eigenvalue weighted by atomic mass is 10.0. The van der Waals surface area contributed by atoms with Gasteiger partial charge in [0.25, 0.3) is 0 Å². The third-order valence-corrected chi connectivity index (χ3v) is 5.28. The summed E-state index contributed by atoms with van der Waals surface area (Å²) < 4.78 is 36.1. The molecule has 27 heavy (non-hydrogen) atoms. The quantitative estimate of drug-likeness (QED) is 0.791. The van der Waals surface area contributed by atoms with Crippen molar-refractivity contribution in [2.45, 2.75) is 32.0 Å². The van der Waals surface area contributed by atoms with E-state index in [1.807, 2.05) is 18.2 Å². The molecule has 0 aromatic heterocycles. The first-order valence-corrected chi connectivity index (χ1v) is 9.17. The molecule has 5 nitrogen and oxygen atoms in total. The van der Waals surface area contributed by atoms with Gasteiger partial charge in [-0.2, -0.15) is 0 Å². The summed E-state index contributed by atoms with van der Waals surface area (Å²) in [5, 5.41) is 0. The number of hydrogen-bond acceptors (Lipinski definition) is 5. The van der Waals surface area contributed by atoms with Crippen LogP contribution in [0.15, 0.2) is 30.3 Å². The van der Waals surface area contributed by atoms with E-state index >= 15 is 0 Å². The van der Waals surface area contributed by atoms with E-state index in [-0.39, 0.29) is 18.7 Å². The molecule has 1 unspecified atom stereocenters. The Labute approximate surface area is 158 Å². The Morgan fingerprint density at radius 2 is 2.07 bits per heavy atom. The highest BCUT2D eigenvalue weighted by atomic mass is 19.1. The van der Waals surface area contributed by atoms with E-state index in [0.29, 0.717) is 13.2 Å². The molecule has 0 radical (unpaired) electrons. The second-order valence-corrected chi connectivity index (χ2v) is 6.90. The molecular weight excluding hydrogens is 349 g/mol. The van der Waals surface area contributed by atoms with E-state index in [2.05, 4.69) is 4.90 Å². The van der Waals surface area contributed by atoms with Crippen molar-refractivity contribution in [3.05, 3.63) is 52.8 Å². The predicted octanol–water partition coefficient (Wildman–Crippen LogP) is 4.05. The Bertz CT molecular complexity index is 826. The number of nitrogens with zero attached hydrogens (tertiary/aromatic N) is 1. The minimum atomic E-state index is -0.257. The van der Waals surface area contributed by atoms with Gasteiger partial charge in [-0.25, -0.2) is 4.39 Å². The van der Waals surface area contributed by atoms with Crippen LogP contribution in [0, 0.1) is 5.82 Å². The fraction of sp³-hybridized carbons (Fsp3) is 0.429. The van der Waals surface area contributed by atoms with Gasteiger partial charge in [0.15, 0.2) is 6.79 Å². The van der Waals surface area contributed by atoms with Crippen LogP contribution in [0.25, 0.3) is 0 Å². The van der Waals surface area contributed by atoms with E-state index in [1.54, 1.807) is 20.3 Å². The normalized spacial score (nSPS) is 19.4. The number of ether oxygens (including phenoxy) is 4. The van der Waals surface area contributed by atoms with Gasteiger partial charge >= 0.3 is 0 Å². The second kappa shape index (κ2) is 7.74. The summed E-state index contributed by atoms with van der Waals surface area (Å²) in [6.07, 6.45) is 2.09. The number of hydrogen-bond donors (Lipinski definition) is 0. The largest absolute Gasteiger partial charge is 0.497 e. The van der Waals surface area contributed by atoms with Crippen LogP contribution in [0.2, 0.25) is 0 Å². The van der Waals surface area contributed by atoms with Crippen molar-refractivity contribution < 1.29 is 23.3 Å². The standard InChI is InChI=1S/C21H24FNO4/c1-24-17-5-6-20(25-2)18(10-17)19-4-3-7-23(19)11-14-8-16(22)9-15-12-26-13-27-21(14)15/h5-6,8-10,19H,3-4,7,11-13H2,1-2H3. The van der Waals surface area contributed by atoms with Gasteiger partial charge in [0.1, 0.15) is 23.1 Å². The molecule has 2 aliphatic heterocycles. The van der Waals surface area contributed by atoms with Crippen molar-refractivity contribution in [3.8, 4) is 17.2 Å². The third kappa shape index (κ3) is 3.59. The molecule has 0 bridgehead atoms. The van der Waals surface area contributed by atoms with Crippen LogP contribution < -0.4 is 14.2 Å². The summed E-state index contributed by atoms with van der Waals surface area (Å²) in [4.78, 5) is 2.35. The van der Waals surface area contributed by atoms with E-state index < -0.39 is 0 Å². The molecule has 0 amide bonds. The van der Waals surface area contributed by atoms with Crippen molar-refractivity contribution in [2.75, 3.05) is 27.6 Å². The topological polar surface area (TPSA) is 40.2 Å². The molecular formula is C21H24FNO4. The van der Waals surface area contributed by atoms with Gasteiger partial charge in [-0.1, -0.05) is 0 Å². The first kappa shape index (κ1) is 18.1. The van der Waals surface area contributed by atoms with Gasteiger partial charge in [-0.3, -0.25) is 4.90 Å². The van der Waals surface area contributed by atoms with E-state index in [9.17, 15) is 4.39 Å². The summed E-state index contributed by atoms with van der Waals surface area (Å²) in [5.74, 6) is 2.15. The fourth-order valence-corrected chi connectivity index (χ4v) is 4.06. The molecule has 0 spiro atoms. The average Bonchev–Trinajstić information content (AvgIpc) is 3.15. The maximum absolute atomic E-state index is 14.1. The summed E-state index contributed by atoms with van der Waals surface area (Å²) >= 11 is 0. The van der Waals surface area contributed by atoms with E-state index in [4.69, 9.17) is 18.9 Å². The molecule has 0 aliphatic carbocycles. The SMILES string of the molecule is COc1ccc(OC)c(C2CCCN2Cc2cc(F)cc3c2OCOC3)c1. The summed E-state index contributed by atoms with van der Waals surface area (Å²) in [6, 6.07) is 9.13. The zero-order chi connectivity index (χ0) is 18.8. The monoisotopic (exact) mass is 373 g/mol. The molecule has 6 heteroatoms. The van der Waals surface area contributed by atoms with E-state index in [0.717, 1.165) is 53.3 Å². The fourth-order valence-electron chi connectivity index (χ4n) is 4.06. The van der Waals surface area contributed by atoms with Crippen LogP contribution in [0.1, 0.15) is 35.6 Å². The summed E-state index contributed by atoms with van der Waals surface area (Å²) in [6.45, 7) is 2.14.